The van der Waals surface area contributed by atoms with Crippen LogP contribution in [-0.4, -0.2) is 24.1 Å². The van der Waals surface area contributed by atoms with Gasteiger partial charge < -0.3 is 9.64 Å². The molecule has 0 N–H and O–H groups in total. The molecule has 1 aliphatic rings. The standard InChI is InChI=1S/C24H23NO2/c26-23-17-10-18-25(23)19-27-24(20-11-4-1-5-12-20,21-13-6-2-7-14-21)22-15-8-3-9-16-22/h1-9,11-16H,10,17-19H2. The lowest BCUT2D eigenvalue weighted by molar-refractivity contribution is -0.136. The molecule has 3 nitrogen and oxygen atoms in total. The van der Waals surface area contributed by atoms with Gasteiger partial charge in [0.15, 0.2) is 0 Å². The van der Waals surface area contributed by atoms with Crippen molar-refractivity contribution in [3.05, 3.63) is 108 Å². The Labute approximate surface area is 160 Å². The molecule has 0 aromatic heterocycles. The monoisotopic (exact) mass is 357 g/mol. The van der Waals surface area contributed by atoms with Crippen molar-refractivity contribution in [3.8, 4) is 0 Å². The number of amides is 1. The van der Waals surface area contributed by atoms with Gasteiger partial charge in [-0.05, 0) is 23.1 Å². The molecule has 1 amide bonds. The summed E-state index contributed by atoms with van der Waals surface area (Å²) in [4.78, 5) is 14.0. The molecule has 1 fully saturated rings. The zero-order chi connectivity index (χ0) is 18.5. The number of benzene rings is 3. The lowest BCUT2D eigenvalue weighted by atomic mass is 9.80. The van der Waals surface area contributed by atoms with Gasteiger partial charge in [0.05, 0.1) is 0 Å². The zero-order valence-electron chi connectivity index (χ0n) is 15.3. The second-order valence-electron chi connectivity index (χ2n) is 6.81. The summed E-state index contributed by atoms with van der Waals surface area (Å²) >= 11 is 0. The predicted octanol–water partition coefficient (Wildman–Crippen LogP) is 4.58. The van der Waals surface area contributed by atoms with Crippen LogP contribution in [0.3, 0.4) is 0 Å². The summed E-state index contributed by atoms with van der Waals surface area (Å²) in [6, 6.07) is 30.7. The van der Waals surface area contributed by atoms with Crippen molar-refractivity contribution >= 4 is 5.91 Å². The van der Waals surface area contributed by atoms with E-state index in [2.05, 4.69) is 36.4 Å². The number of hydrogen-bond acceptors (Lipinski definition) is 2. The first kappa shape index (κ1) is 17.5. The molecule has 136 valence electrons. The van der Waals surface area contributed by atoms with Crippen LogP contribution in [0.1, 0.15) is 29.5 Å². The van der Waals surface area contributed by atoms with Crippen LogP contribution >= 0.6 is 0 Å². The summed E-state index contributed by atoms with van der Waals surface area (Å²) in [6.45, 7) is 1.03. The van der Waals surface area contributed by atoms with Crippen molar-refractivity contribution in [2.75, 3.05) is 13.3 Å². The highest BCUT2D eigenvalue weighted by molar-refractivity contribution is 5.77. The highest BCUT2D eigenvalue weighted by Gasteiger charge is 2.38. The van der Waals surface area contributed by atoms with Crippen molar-refractivity contribution in [3.63, 3.8) is 0 Å². The summed E-state index contributed by atoms with van der Waals surface area (Å²) in [5, 5.41) is 0. The average Bonchev–Trinajstić information content (AvgIpc) is 3.16. The topological polar surface area (TPSA) is 29.5 Å². The first-order valence-corrected chi connectivity index (χ1v) is 9.39. The third-order valence-electron chi connectivity index (χ3n) is 5.15. The molecule has 27 heavy (non-hydrogen) atoms. The molecule has 0 saturated carbocycles. The molecule has 0 radical (unpaired) electrons. The first-order valence-electron chi connectivity index (χ1n) is 9.39. The Morgan fingerprint density at radius 2 is 1.19 bits per heavy atom. The third-order valence-corrected chi connectivity index (χ3v) is 5.15. The molecule has 0 bridgehead atoms. The highest BCUT2D eigenvalue weighted by Crippen LogP contribution is 2.40. The molecule has 4 rings (SSSR count). The van der Waals surface area contributed by atoms with E-state index in [0.29, 0.717) is 6.42 Å². The van der Waals surface area contributed by atoms with Crippen LogP contribution in [0.2, 0.25) is 0 Å². The molecule has 3 aromatic carbocycles. The van der Waals surface area contributed by atoms with E-state index in [1.807, 2.05) is 59.5 Å². The fourth-order valence-electron chi connectivity index (χ4n) is 3.78. The van der Waals surface area contributed by atoms with Gasteiger partial charge in [-0.1, -0.05) is 91.0 Å². The van der Waals surface area contributed by atoms with Crippen molar-refractivity contribution in [1.29, 1.82) is 0 Å². The minimum Gasteiger partial charge on any atom is -0.340 e. The Hall–Kier alpha value is -2.91. The lowest BCUT2D eigenvalue weighted by Crippen LogP contribution is -2.38. The number of rotatable bonds is 6. The van der Waals surface area contributed by atoms with Gasteiger partial charge in [-0.15, -0.1) is 0 Å². The number of carbonyl (C=O) groups is 1. The average molecular weight is 357 g/mol. The second kappa shape index (κ2) is 7.77. The molecule has 0 aliphatic carbocycles. The molecule has 3 aromatic rings. The third kappa shape index (κ3) is 3.38. The molecule has 0 atom stereocenters. The number of ether oxygens (including phenoxy) is 1. The molecule has 0 spiro atoms. The van der Waals surface area contributed by atoms with Gasteiger partial charge in [-0.25, -0.2) is 0 Å². The van der Waals surface area contributed by atoms with E-state index in [4.69, 9.17) is 4.74 Å². The summed E-state index contributed by atoms with van der Waals surface area (Å²) in [7, 11) is 0. The van der Waals surface area contributed by atoms with Gasteiger partial charge >= 0.3 is 0 Å². The van der Waals surface area contributed by atoms with Crippen LogP contribution in [0.4, 0.5) is 0 Å². The van der Waals surface area contributed by atoms with E-state index in [9.17, 15) is 4.79 Å². The summed E-state index contributed by atoms with van der Waals surface area (Å²) in [6.07, 6.45) is 1.51. The van der Waals surface area contributed by atoms with Crippen LogP contribution in [0.5, 0.6) is 0 Å². The summed E-state index contributed by atoms with van der Waals surface area (Å²) in [5.74, 6) is 0.165. The summed E-state index contributed by atoms with van der Waals surface area (Å²) < 4.78 is 6.65. The molecular weight excluding hydrogens is 334 g/mol. The van der Waals surface area contributed by atoms with Gasteiger partial charge in [0.1, 0.15) is 12.3 Å². The van der Waals surface area contributed by atoms with Gasteiger partial charge in [0.25, 0.3) is 0 Å². The van der Waals surface area contributed by atoms with E-state index >= 15 is 0 Å². The fraction of sp³-hybridized carbons (Fsp3) is 0.208. The van der Waals surface area contributed by atoms with E-state index < -0.39 is 5.60 Å². The molecule has 3 heteroatoms. The zero-order valence-corrected chi connectivity index (χ0v) is 15.3. The van der Waals surface area contributed by atoms with Crippen molar-refractivity contribution in [2.24, 2.45) is 0 Å². The Morgan fingerprint density at radius 1 is 0.741 bits per heavy atom. The van der Waals surface area contributed by atoms with Crippen LogP contribution in [0, 0.1) is 0 Å². The van der Waals surface area contributed by atoms with E-state index in [1.165, 1.54) is 0 Å². The maximum absolute atomic E-state index is 12.1. The van der Waals surface area contributed by atoms with Gasteiger partial charge in [0.2, 0.25) is 5.91 Å². The Balaban J connectivity index is 1.85. The molecule has 1 saturated heterocycles. The van der Waals surface area contributed by atoms with Gasteiger partial charge in [0, 0.05) is 13.0 Å². The van der Waals surface area contributed by atoms with Crippen LogP contribution < -0.4 is 0 Å². The Kier molecular flexibility index (Phi) is 5.03. The highest BCUT2D eigenvalue weighted by atomic mass is 16.5. The molecule has 0 unspecified atom stereocenters. The van der Waals surface area contributed by atoms with E-state index in [-0.39, 0.29) is 12.6 Å². The maximum atomic E-state index is 12.1. The predicted molar refractivity (Wildman–Crippen MR) is 106 cm³/mol. The molecule has 1 heterocycles. The van der Waals surface area contributed by atoms with Crippen molar-refractivity contribution in [2.45, 2.75) is 18.4 Å². The van der Waals surface area contributed by atoms with Gasteiger partial charge in [-0.2, -0.15) is 0 Å². The number of carbonyl (C=O) groups excluding carboxylic acids is 1. The largest absolute Gasteiger partial charge is 0.340 e. The summed E-state index contributed by atoms with van der Waals surface area (Å²) in [5.41, 5.74) is 2.38. The minimum absolute atomic E-state index is 0.165. The lowest BCUT2D eigenvalue weighted by Gasteiger charge is -2.37. The van der Waals surface area contributed by atoms with Crippen LogP contribution in [0.15, 0.2) is 91.0 Å². The van der Waals surface area contributed by atoms with Gasteiger partial charge in [-0.3, -0.25) is 4.79 Å². The van der Waals surface area contributed by atoms with Crippen molar-refractivity contribution in [1.82, 2.24) is 4.90 Å². The van der Waals surface area contributed by atoms with E-state index in [0.717, 1.165) is 29.7 Å². The Morgan fingerprint density at radius 3 is 1.56 bits per heavy atom. The van der Waals surface area contributed by atoms with Crippen LogP contribution in [0.25, 0.3) is 0 Å². The van der Waals surface area contributed by atoms with E-state index in [1.54, 1.807) is 0 Å². The smallest absolute Gasteiger partial charge is 0.224 e. The molecule has 1 aliphatic heterocycles. The Bertz CT molecular complexity index is 781. The number of nitrogens with zero attached hydrogens (tertiary/aromatic N) is 1. The normalized spacial score (nSPS) is 14.5. The van der Waals surface area contributed by atoms with Crippen LogP contribution in [-0.2, 0) is 15.1 Å². The molecular formula is C24H23NO2. The fourth-order valence-corrected chi connectivity index (χ4v) is 3.78. The second-order valence-corrected chi connectivity index (χ2v) is 6.81. The quantitative estimate of drug-likeness (QED) is 0.605. The van der Waals surface area contributed by atoms with Crippen molar-refractivity contribution < 1.29 is 9.53 Å². The number of likely N-dealkylation sites (tertiary alicyclic amines) is 1. The SMILES string of the molecule is O=C1CCCN1COC(c1ccccc1)(c1ccccc1)c1ccccc1. The maximum Gasteiger partial charge on any atom is 0.224 e. The first-order chi connectivity index (χ1) is 13.3. The minimum atomic E-state index is -0.771. The number of hydrogen-bond donors (Lipinski definition) is 0.